The molecule has 0 aliphatic heterocycles. The average Bonchev–Trinajstić information content (AvgIpc) is 3.50. The van der Waals surface area contributed by atoms with Crippen LogP contribution in [0, 0.1) is 13.8 Å². The van der Waals surface area contributed by atoms with E-state index >= 15 is 0 Å². The van der Waals surface area contributed by atoms with Crippen molar-refractivity contribution in [3.63, 3.8) is 0 Å². The van der Waals surface area contributed by atoms with Crippen LogP contribution in [-0.2, 0) is 12.4 Å². The van der Waals surface area contributed by atoms with Gasteiger partial charge in [0.25, 0.3) is 0 Å². The molecule has 0 spiro atoms. The third kappa shape index (κ3) is 7.07. The zero-order valence-corrected chi connectivity index (χ0v) is 19.0. The van der Waals surface area contributed by atoms with Crippen LogP contribution >= 0.6 is 0 Å². The quantitative estimate of drug-likeness (QED) is 0.438. The van der Waals surface area contributed by atoms with E-state index in [1.807, 2.05) is 27.7 Å². The van der Waals surface area contributed by atoms with Crippen molar-refractivity contribution in [2.75, 3.05) is 0 Å². The maximum absolute atomic E-state index is 12.8. The summed E-state index contributed by atoms with van der Waals surface area (Å²) < 4.78 is 75.1. The zero-order valence-electron chi connectivity index (χ0n) is 19.0. The van der Waals surface area contributed by atoms with Gasteiger partial charge >= 0.3 is 12.4 Å². The highest BCUT2D eigenvalue weighted by Gasteiger charge is 2.38. The molecule has 1 saturated carbocycles. The second-order valence-electron chi connectivity index (χ2n) is 7.91. The van der Waals surface area contributed by atoms with Crippen LogP contribution in [0.1, 0.15) is 85.8 Å². The van der Waals surface area contributed by atoms with Gasteiger partial charge in [-0.05, 0) is 72.9 Å². The number of hydrogen-bond donors (Lipinski definition) is 2. The molecule has 32 heavy (non-hydrogen) atoms. The van der Waals surface area contributed by atoms with Crippen LogP contribution in [0.25, 0.3) is 0 Å². The summed E-state index contributed by atoms with van der Waals surface area (Å²) in [6.45, 7) is 10.7. The molecule has 0 saturated heterocycles. The first-order valence-electron chi connectivity index (χ1n) is 10.4. The van der Waals surface area contributed by atoms with E-state index in [2.05, 4.69) is 0 Å². The van der Waals surface area contributed by atoms with Crippen molar-refractivity contribution in [3.05, 3.63) is 57.6 Å². The van der Waals surface area contributed by atoms with Gasteiger partial charge in [0.15, 0.2) is 0 Å². The lowest BCUT2D eigenvalue weighted by Crippen LogP contribution is -2.08. The molecule has 0 bridgehead atoms. The molecule has 0 radical (unpaired) electrons. The van der Waals surface area contributed by atoms with E-state index in [1.165, 1.54) is 13.0 Å². The molecule has 2 aromatic carbocycles. The van der Waals surface area contributed by atoms with Crippen molar-refractivity contribution in [2.24, 2.45) is 0 Å². The molecule has 0 heterocycles. The van der Waals surface area contributed by atoms with Crippen LogP contribution in [0.2, 0.25) is 0 Å². The van der Waals surface area contributed by atoms with Crippen molar-refractivity contribution in [3.8, 4) is 11.5 Å². The Balaban J connectivity index is 0.000000307. The Morgan fingerprint density at radius 3 is 1.66 bits per heavy atom. The van der Waals surface area contributed by atoms with E-state index in [0.29, 0.717) is 16.7 Å². The fourth-order valence-electron chi connectivity index (χ4n) is 3.11. The predicted octanol–water partition coefficient (Wildman–Crippen LogP) is 8.47. The minimum Gasteiger partial charge on any atom is -0.507 e. The van der Waals surface area contributed by atoms with Crippen molar-refractivity contribution in [2.45, 2.75) is 78.6 Å². The van der Waals surface area contributed by atoms with Gasteiger partial charge < -0.3 is 10.2 Å². The molecule has 3 rings (SSSR count). The summed E-state index contributed by atoms with van der Waals surface area (Å²) in [5, 5.41) is 18.9. The fourth-order valence-corrected chi connectivity index (χ4v) is 3.11. The molecular formula is C24H30F6O2. The third-order valence-electron chi connectivity index (χ3n) is 4.90. The smallest absolute Gasteiger partial charge is 0.419 e. The number of phenols is 2. The van der Waals surface area contributed by atoms with Crippen LogP contribution < -0.4 is 0 Å². The summed E-state index contributed by atoms with van der Waals surface area (Å²) >= 11 is 0. The van der Waals surface area contributed by atoms with Gasteiger partial charge in [0.05, 0.1) is 11.1 Å². The summed E-state index contributed by atoms with van der Waals surface area (Å²) in [5.74, 6) is -1.13. The molecule has 2 N–H and O–H groups in total. The molecule has 0 aromatic heterocycles. The Labute approximate surface area is 184 Å². The van der Waals surface area contributed by atoms with Crippen LogP contribution in [-0.4, -0.2) is 10.2 Å². The average molecular weight is 464 g/mol. The Bertz CT molecular complexity index is 910. The molecule has 0 atom stereocenters. The Morgan fingerprint density at radius 2 is 1.25 bits per heavy atom. The lowest BCUT2D eigenvalue weighted by Gasteiger charge is -2.16. The first kappa shape index (κ1) is 27.7. The number of hydrogen-bond acceptors (Lipinski definition) is 2. The number of aromatic hydroxyl groups is 2. The minimum absolute atomic E-state index is 0.0224. The highest BCUT2D eigenvalue weighted by Crippen LogP contribution is 2.49. The topological polar surface area (TPSA) is 40.5 Å². The first-order valence-corrected chi connectivity index (χ1v) is 10.4. The highest BCUT2D eigenvalue weighted by molar-refractivity contribution is 5.49. The van der Waals surface area contributed by atoms with Gasteiger partial charge in [-0.2, -0.15) is 26.3 Å². The van der Waals surface area contributed by atoms with Crippen molar-refractivity contribution in [1.29, 1.82) is 0 Å². The lowest BCUT2D eigenvalue weighted by atomic mass is 9.94. The van der Waals surface area contributed by atoms with Gasteiger partial charge in [0.2, 0.25) is 0 Å². The number of alkyl halides is 6. The molecule has 8 heteroatoms. The Hall–Kier alpha value is -2.38. The van der Waals surface area contributed by atoms with Gasteiger partial charge in [0.1, 0.15) is 11.5 Å². The summed E-state index contributed by atoms with van der Waals surface area (Å²) in [5.41, 5.74) is -0.0360. The van der Waals surface area contributed by atoms with Crippen molar-refractivity contribution >= 4 is 0 Å². The van der Waals surface area contributed by atoms with Crippen molar-refractivity contribution < 1.29 is 36.6 Å². The van der Waals surface area contributed by atoms with Gasteiger partial charge in [-0.25, -0.2) is 0 Å². The molecule has 1 fully saturated rings. The summed E-state index contributed by atoms with van der Waals surface area (Å²) in [6.07, 6.45) is -7.24. The Morgan fingerprint density at radius 1 is 0.781 bits per heavy atom. The number of phenolic OH excluding ortho intramolecular Hbond substituents is 2. The van der Waals surface area contributed by atoms with Gasteiger partial charge in [0, 0.05) is 0 Å². The number of rotatable bonds is 2. The monoisotopic (exact) mass is 464 g/mol. The minimum atomic E-state index is -4.49. The standard InChI is InChI=1S/C13H15F3O.C9H9F3O.C2H6/c1-7(2)9-5-10(8-3-4-8)12(17)11(6-9)13(14,15)16;1-5-3-6(2)8(13)7(4-5)9(10,11)12;1-2/h5-8,17H,3-4H2,1-2H3;3-4,13H,1-2H3;1-2H3. The highest BCUT2D eigenvalue weighted by atomic mass is 19.4. The van der Waals surface area contributed by atoms with Crippen LogP contribution in [0.3, 0.4) is 0 Å². The van der Waals surface area contributed by atoms with Crippen LogP contribution in [0.5, 0.6) is 11.5 Å². The van der Waals surface area contributed by atoms with Gasteiger partial charge in [-0.15, -0.1) is 0 Å². The van der Waals surface area contributed by atoms with Crippen LogP contribution in [0.4, 0.5) is 26.3 Å². The fraction of sp³-hybridized carbons (Fsp3) is 0.500. The van der Waals surface area contributed by atoms with E-state index in [1.54, 1.807) is 13.0 Å². The first-order chi connectivity index (χ1) is 14.6. The molecular weight excluding hydrogens is 434 g/mol. The van der Waals surface area contributed by atoms with Gasteiger partial charge in [-0.3, -0.25) is 0 Å². The summed E-state index contributed by atoms with van der Waals surface area (Å²) in [6, 6.07) is 5.21. The Kier molecular flexibility index (Phi) is 9.07. The number of halogens is 6. The van der Waals surface area contributed by atoms with E-state index < -0.39 is 35.0 Å². The second-order valence-corrected chi connectivity index (χ2v) is 7.91. The number of benzene rings is 2. The molecule has 180 valence electrons. The SMILES string of the molecule is CC.CC(C)c1cc(C2CC2)c(O)c(C(F)(F)F)c1.Cc1cc(C)c(O)c(C(F)(F)F)c1. The van der Waals surface area contributed by atoms with E-state index in [0.717, 1.165) is 25.0 Å². The maximum Gasteiger partial charge on any atom is 0.419 e. The lowest BCUT2D eigenvalue weighted by molar-refractivity contribution is -0.139. The van der Waals surface area contributed by atoms with Crippen LogP contribution in [0.15, 0.2) is 24.3 Å². The largest absolute Gasteiger partial charge is 0.507 e. The van der Waals surface area contributed by atoms with E-state index in [9.17, 15) is 31.4 Å². The van der Waals surface area contributed by atoms with E-state index in [4.69, 9.17) is 5.11 Å². The molecule has 0 unspecified atom stereocenters. The zero-order chi connectivity index (χ0) is 25.0. The molecule has 0 amide bonds. The van der Waals surface area contributed by atoms with Crippen molar-refractivity contribution in [1.82, 2.24) is 0 Å². The van der Waals surface area contributed by atoms with E-state index in [-0.39, 0.29) is 17.4 Å². The number of aryl methyl sites for hydroxylation is 2. The third-order valence-corrected chi connectivity index (χ3v) is 4.90. The second kappa shape index (κ2) is 10.5. The maximum atomic E-state index is 12.8. The summed E-state index contributed by atoms with van der Waals surface area (Å²) in [4.78, 5) is 0. The normalized spacial score (nSPS) is 13.8. The predicted molar refractivity (Wildman–Crippen MR) is 113 cm³/mol. The summed E-state index contributed by atoms with van der Waals surface area (Å²) in [7, 11) is 0. The van der Waals surface area contributed by atoms with Gasteiger partial charge in [-0.1, -0.05) is 39.8 Å². The molecule has 2 nitrogen and oxygen atoms in total. The molecule has 2 aromatic rings. The molecule has 1 aliphatic rings. The molecule has 1 aliphatic carbocycles.